The topological polar surface area (TPSA) is 24.5 Å². The summed E-state index contributed by atoms with van der Waals surface area (Å²) < 4.78 is 5.27. The predicted molar refractivity (Wildman–Crippen MR) is 87.8 cm³/mol. The zero-order chi connectivity index (χ0) is 15.0. The van der Waals surface area contributed by atoms with Gasteiger partial charge in [-0.05, 0) is 31.5 Å². The zero-order valence-electron chi connectivity index (χ0n) is 13.1. The molecule has 4 heteroatoms. The van der Waals surface area contributed by atoms with E-state index in [0.29, 0.717) is 12.6 Å². The molecule has 3 nitrogen and oxygen atoms in total. The third-order valence-corrected chi connectivity index (χ3v) is 3.95. The van der Waals surface area contributed by atoms with Gasteiger partial charge in [-0.1, -0.05) is 37.6 Å². The Morgan fingerprint density at radius 3 is 2.55 bits per heavy atom. The highest BCUT2D eigenvalue weighted by atomic mass is 35.5. The first-order valence-electron chi connectivity index (χ1n) is 7.37. The van der Waals surface area contributed by atoms with Crippen molar-refractivity contribution in [3.8, 4) is 0 Å². The maximum atomic E-state index is 6.49. The lowest BCUT2D eigenvalue weighted by Gasteiger charge is -2.34. The van der Waals surface area contributed by atoms with Gasteiger partial charge in [0.1, 0.15) is 0 Å². The molecule has 0 bridgehead atoms. The van der Waals surface area contributed by atoms with E-state index >= 15 is 0 Å². The molecule has 0 saturated carbocycles. The SMILES string of the molecule is CCC(CC)N(CCOC)c1c(Cl)cccc1CNC. The van der Waals surface area contributed by atoms with Crippen LogP contribution in [0.3, 0.4) is 0 Å². The molecule has 1 N–H and O–H groups in total. The number of hydrogen-bond acceptors (Lipinski definition) is 3. The van der Waals surface area contributed by atoms with E-state index in [1.807, 2.05) is 19.2 Å². The molecule has 0 aliphatic carbocycles. The summed E-state index contributed by atoms with van der Waals surface area (Å²) in [5, 5.41) is 4.04. The molecule has 0 aliphatic rings. The van der Waals surface area contributed by atoms with Crippen molar-refractivity contribution < 1.29 is 4.74 Å². The Morgan fingerprint density at radius 2 is 2.00 bits per heavy atom. The molecule has 0 radical (unpaired) electrons. The van der Waals surface area contributed by atoms with E-state index in [1.165, 1.54) is 5.56 Å². The number of anilines is 1. The van der Waals surface area contributed by atoms with E-state index in [9.17, 15) is 0 Å². The lowest BCUT2D eigenvalue weighted by Crippen LogP contribution is -2.38. The van der Waals surface area contributed by atoms with E-state index < -0.39 is 0 Å². The molecule has 0 spiro atoms. The number of hydrogen-bond donors (Lipinski definition) is 1. The van der Waals surface area contributed by atoms with Crippen LogP contribution in [0.5, 0.6) is 0 Å². The summed E-state index contributed by atoms with van der Waals surface area (Å²) >= 11 is 6.49. The Hall–Kier alpha value is -0.770. The van der Waals surface area contributed by atoms with Crippen molar-refractivity contribution in [2.75, 3.05) is 32.2 Å². The summed E-state index contributed by atoms with van der Waals surface area (Å²) in [6.45, 7) is 6.84. The van der Waals surface area contributed by atoms with Crippen LogP contribution in [0.1, 0.15) is 32.3 Å². The van der Waals surface area contributed by atoms with Crippen LogP contribution in [-0.4, -0.2) is 33.4 Å². The second-order valence-electron chi connectivity index (χ2n) is 4.93. The third kappa shape index (κ3) is 4.37. The highest BCUT2D eigenvalue weighted by Gasteiger charge is 2.20. The van der Waals surface area contributed by atoms with Gasteiger partial charge >= 0.3 is 0 Å². The molecule has 0 saturated heterocycles. The maximum absolute atomic E-state index is 6.49. The first-order chi connectivity index (χ1) is 9.69. The zero-order valence-corrected chi connectivity index (χ0v) is 13.8. The Bertz CT molecular complexity index is 394. The molecule has 0 heterocycles. The van der Waals surface area contributed by atoms with Crippen LogP contribution in [0.2, 0.25) is 5.02 Å². The quantitative estimate of drug-likeness (QED) is 0.752. The molecule has 114 valence electrons. The second-order valence-corrected chi connectivity index (χ2v) is 5.34. The first-order valence-corrected chi connectivity index (χ1v) is 7.74. The number of rotatable bonds is 9. The average Bonchev–Trinajstić information content (AvgIpc) is 2.45. The van der Waals surface area contributed by atoms with Crippen LogP contribution in [-0.2, 0) is 11.3 Å². The molecular formula is C16H27ClN2O. The smallest absolute Gasteiger partial charge is 0.0643 e. The largest absolute Gasteiger partial charge is 0.383 e. The number of nitrogens with zero attached hydrogens (tertiary/aromatic N) is 1. The molecule has 0 unspecified atom stereocenters. The number of benzene rings is 1. The number of halogens is 1. The average molecular weight is 299 g/mol. The van der Waals surface area contributed by atoms with Crippen LogP contribution in [0, 0.1) is 0 Å². The summed E-state index contributed by atoms with van der Waals surface area (Å²) in [5.41, 5.74) is 2.39. The molecule has 1 rings (SSSR count). The summed E-state index contributed by atoms with van der Waals surface area (Å²) in [6.07, 6.45) is 2.20. The second kappa shape index (κ2) is 9.22. The molecular weight excluding hydrogens is 272 g/mol. The fraction of sp³-hybridized carbons (Fsp3) is 0.625. The predicted octanol–water partition coefficient (Wildman–Crippen LogP) is 3.70. The van der Waals surface area contributed by atoms with Gasteiger partial charge in [0.05, 0.1) is 17.3 Å². The highest BCUT2D eigenvalue weighted by Crippen LogP contribution is 2.32. The van der Waals surface area contributed by atoms with Crippen molar-refractivity contribution in [3.63, 3.8) is 0 Å². The fourth-order valence-corrected chi connectivity index (χ4v) is 2.91. The van der Waals surface area contributed by atoms with Gasteiger partial charge in [0.25, 0.3) is 0 Å². The molecule has 1 aromatic carbocycles. The van der Waals surface area contributed by atoms with Crippen molar-refractivity contribution in [2.45, 2.75) is 39.3 Å². The Kier molecular flexibility index (Phi) is 7.97. The van der Waals surface area contributed by atoms with Crippen molar-refractivity contribution in [3.05, 3.63) is 28.8 Å². The lowest BCUT2D eigenvalue weighted by atomic mass is 10.1. The van der Waals surface area contributed by atoms with E-state index in [0.717, 1.165) is 36.6 Å². The first kappa shape index (κ1) is 17.3. The Morgan fingerprint density at radius 1 is 1.30 bits per heavy atom. The van der Waals surface area contributed by atoms with Crippen molar-refractivity contribution >= 4 is 17.3 Å². The van der Waals surface area contributed by atoms with E-state index in [2.05, 4.69) is 30.1 Å². The van der Waals surface area contributed by atoms with Gasteiger partial charge in [0, 0.05) is 26.2 Å². The normalized spacial score (nSPS) is 11.1. The standard InChI is InChI=1S/C16H27ClN2O/c1-5-14(6-2)19(10-11-20-4)16-13(12-18-3)8-7-9-15(16)17/h7-9,14,18H,5-6,10-12H2,1-4H3. The molecule has 0 atom stereocenters. The van der Waals surface area contributed by atoms with Crippen LogP contribution in [0.15, 0.2) is 18.2 Å². The molecule has 0 amide bonds. The molecule has 20 heavy (non-hydrogen) atoms. The monoisotopic (exact) mass is 298 g/mol. The summed E-state index contributed by atoms with van der Waals surface area (Å²) in [7, 11) is 3.70. The number of para-hydroxylation sites is 1. The summed E-state index contributed by atoms with van der Waals surface area (Å²) in [5.74, 6) is 0. The van der Waals surface area contributed by atoms with Gasteiger partial charge in [-0.15, -0.1) is 0 Å². The lowest BCUT2D eigenvalue weighted by molar-refractivity contribution is 0.202. The van der Waals surface area contributed by atoms with Gasteiger partial charge in [0.15, 0.2) is 0 Å². The number of nitrogens with one attached hydrogen (secondary N) is 1. The third-order valence-electron chi connectivity index (χ3n) is 3.64. The van der Waals surface area contributed by atoms with Gasteiger partial charge in [-0.3, -0.25) is 0 Å². The number of ether oxygens (including phenoxy) is 1. The molecule has 0 aliphatic heterocycles. The van der Waals surface area contributed by atoms with Crippen LogP contribution in [0.25, 0.3) is 0 Å². The maximum Gasteiger partial charge on any atom is 0.0643 e. The van der Waals surface area contributed by atoms with Crippen molar-refractivity contribution in [1.82, 2.24) is 5.32 Å². The minimum absolute atomic E-state index is 0.487. The molecule has 0 fully saturated rings. The van der Waals surface area contributed by atoms with E-state index in [4.69, 9.17) is 16.3 Å². The summed E-state index contributed by atoms with van der Waals surface area (Å²) in [4.78, 5) is 2.40. The van der Waals surface area contributed by atoms with E-state index in [-0.39, 0.29) is 0 Å². The fourth-order valence-electron chi connectivity index (χ4n) is 2.61. The molecule has 0 aromatic heterocycles. The Labute approximate surface area is 128 Å². The van der Waals surface area contributed by atoms with Crippen LogP contribution < -0.4 is 10.2 Å². The molecule has 1 aromatic rings. The number of methoxy groups -OCH3 is 1. The minimum atomic E-state index is 0.487. The van der Waals surface area contributed by atoms with Gasteiger partial charge in [-0.25, -0.2) is 0 Å². The minimum Gasteiger partial charge on any atom is -0.383 e. The van der Waals surface area contributed by atoms with Crippen molar-refractivity contribution in [2.24, 2.45) is 0 Å². The van der Waals surface area contributed by atoms with E-state index in [1.54, 1.807) is 7.11 Å². The van der Waals surface area contributed by atoms with Gasteiger partial charge < -0.3 is 15.0 Å². The Balaban J connectivity index is 3.16. The van der Waals surface area contributed by atoms with Crippen molar-refractivity contribution in [1.29, 1.82) is 0 Å². The van der Waals surface area contributed by atoms with Crippen LogP contribution >= 0.6 is 11.6 Å². The van der Waals surface area contributed by atoms with Crippen LogP contribution in [0.4, 0.5) is 5.69 Å². The van der Waals surface area contributed by atoms with Gasteiger partial charge in [-0.2, -0.15) is 0 Å². The summed E-state index contributed by atoms with van der Waals surface area (Å²) in [6, 6.07) is 6.61. The van der Waals surface area contributed by atoms with Gasteiger partial charge in [0.2, 0.25) is 0 Å². The highest BCUT2D eigenvalue weighted by molar-refractivity contribution is 6.33.